The molecule has 0 aromatic heterocycles. The summed E-state index contributed by atoms with van der Waals surface area (Å²) in [4.78, 5) is 0.251. The third-order valence-corrected chi connectivity index (χ3v) is 6.33. The number of hydrogen-bond acceptors (Lipinski definition) is 3. The second kappa shape index (κ2) is 8.62. The number of rotatable bonds is 6. The highest BCUT2D eigenvalue weighted by Crippen LogP contribution is 2.21. The maximum atomic E-state index is 12.7. The van der Waals surface area contributed by atoms with Crippen molar-refractivity contribution in [1.82, 2.24) is 4.31 Å². The average molecular weight is 392 g/mol. The molecule has 0 unspecified atom stereocenters. The van der Waals surface area contributed by atoms with E-state index in [9.17, 15) is 8.42 Å². The molecule has 2 rings (SSSR count). The van der Waals surface area contributed by atoms with Crippen LogP contribution in [0.3, 0.4) is 0 Å². The first-order chi connectivity index (χ1) is 12.3. The van der Waals surface area contributed by atoms with E-state index >= 15 is 0 Å². The summed E-state index contributed by atoms with van der Waals surface area (Å²) in [5, 5.41) is 6.64. The van der Waals surface area contributed by atoms with Gasteiger partial charge in [0.2, 0.25) is 10.0 Å². The summed E-state index contributed by atoms with van der Waals surface area (Å²) in [6.45, 7) is 8.54. The van der Waals surface area contributed by atoms with E-state index in [0.29, 0.717) is 23.9 Å². The Hall–Kier alpha value is -1.96. The first-order valence-corrected chi connectivity index (χ1v) is 10.4. The number of sulfonamides is 1. The standard InChI is InChI=1S/C19H25N3O2S2/c1-5-22(6-2)26(23,24)17-9-7-8-16(13-17)20-19(25)21-18-12-14(3)10-11-15(18)4/h7-13H,5-6H2,1-4H3,(H2,20,21,25). The van der Waals surface area contributed by atoms with Gasteiger partial charge in [0.1, 0.15) is 0 Å². The lowest BCUT2D eigenvalue weighted by Gasteiger charge is -2.19. The second-order valence-electron chi connectivity index (χ2n) is 6.01. The van der Waals surface area contributed by atoms with Crippen LogP contribution < -0.4 is 10.6 Å². The molecule has 0 radical (unpaired) electrons. The molecule has 0 atom stereocenters. The number of aryl methyl sites for hydroxylation is 2. The third-order valence-electron chi connectivity index (χ3n) is 4.08. The molecule has 26 heavy (non-hydrogen) atoms. The number of nitrogens with one attached hydrogen (secondary N) is 2. The molecule has 0 fully saturated rings. The maximum absolute atomic E-state index is 12.7. The van der Waals surface area contributed by atoms with Crippen LogP contribution in [0.4, 0.5) is 11.4 Å². The van der Waals surface area contributed by atoms with Crippen LogP contribution in [0.1, 0.15) is 25.0 Å². The van der Waals surface area contributed by atoms with Crippen molar-refractivity contribution in [2.75, 3.05) is 23.7 Å². The molecule has 2 aromatic carbocycles. The van der Waals surface area contributed by atoms with Gasteiger partial charge in [-0.25, -0.2) is 8.42 Å². The summed E-state index contributed by atoms with van der Waals surface area (Å²) in [5.41, 5.74) is 3.77. The van der Waals surface area contributed by atoms with E-state index in [1.807, 2.05) is 45.9 Å². The van der Waals surface area contributed by atoms with Crippen molar-refractivity contribution in [1.29, 1.82) is 0 Å². The molecule has 2 aromatic rings. The van der Waals surface area contributed by atoms with Crippen molar-refractivity contribution in [2.45, 2.75) is 32.6 Å². The summed E-state index contributed by atoms with van der Waals surface area (Å²) < 4.78 is 26.7. The van der Waals surface area contributed by atoms with Gasteiger partial charge in [-0.3, -0.25) is 0 Å². The van der Waals surface area contributed by atoms with E-state index in [-0.39, 0.29) is 4.90 Å². The predicted molar refractivity (Wildman–Crippen MR) is 112 cm³/mol. The van der Waals surface area contributed by atoms with Crippen LogP contribution in [-0.2, 0) is 10.0 Å². The van der Waals surface area contributed by atoms with Crippen LogP contribution in [-0.4, -0.2) is 30.9 Å². The molecule has 0 amide bonds. The quantitative estimate of drug-likeness (QED) is 0.725. The molecule has 0 aliphatic heterocycles. The van der Waals surface area contributed by atoms with Gasteiger partial charge in [-0.15, -0.1) is 0 Å². The molecular weight excluding hydrogens is 366 g/mol. The predicted octanol–water partition coefficient (Wildman–Crippen LogP) is 4.14. The molecule has 0 bridgehead atoms. The summed E-state index contributed by atoms with van der Waals surface area (Å²) in [6, 6.07) is 12.8. The Bertz CT molecular complexity index is 891. The Morgan fingerprint density at radius 2 is 1.73 bits per heavy atom. The molecule has 0 saturated heterocycles. The first-order valence-electron chi connectivity index (χ1n) is 8.53. The summed E-state index contributed by atoms with van der Waals surface area (Å²) in [7, 11) is -3.50. The van der Waals surface area contributed by atoms with Gasteiger partial charge in [0.25, 0.3) is 0 Å². The van der Waals surface area contributed by atoms with Crippen LogP contribution in [0, 0.1) is 13.8 Å². The van der Waals surface area contributed by atoms with Crippen LogP contribution in [0.5, 0.6) is 0 Å². The van der Waals surface area contributed by atoms with Gasteiger partial charge in [-0.05, 0) is 61.5 Å². The van der Waals surface area contributed by atoms with E-state index in [4.69, 9.17) is 12.2 Å². The van der Waals surface area contributed by atoms with Crippen molar-refractivity contribution in [2.24, 2.45) is 0 Å². The molecule has 140 valence electrons. The van der Waals surface area contributed by atoms with Crippen LogP contribution in [0.25, 0.3) is 0 Å². The zero-order valence-corrected chi connectivity index (χ0v) is 17.2. The van der Waals surface area contributed by atoms with Gasteiger partial charge in [0, 0.05) is 24.5 Å². The fourth-order valence-corrected chi connectivity index (χ4v) is 4.33. The molecule has 7 heteroatoms. The molecule has 0 aliphatic carbocycles. The summed E-state index contributed by atoms with van der Waals surface area (Å²) in [5.74, 6) is 0. The van der Waals surface area contributed by atoms with Gasteiger partial charge in [-0.1, -0.05) is 32.0 Å². The van der Waals surface area contributed by atoms with Gasteiger partial charge in [-0.2, -0.15) is 4.31 Å². The van der Waals surface area contributed by atoms with Crippen LogP contribution in [0.15, 0.2) is 47.4 Å². The highest BCUT2D eigenvalue weighted by molar-refractivity contribution is 7.89. The monoisotopic (exact) mass is 391 g/mol. The molecular formula is C19H25N3O2S2. The second-order valence-corrected chi connectivity index (χ2v) is 8.36. The van der Waals surface area contributed by atoms with Gasteiger partial charge in [0.15, 0.2) is 5.11 Å². The summed E-state index contributed by atoms with van der Waals surface area (Å²) in [6.07, 6.45) is 0. The van der Waals surface area contributed by atoms with Gasteiger partial charge in [0.05, 0.1) is 4.90 Å². The molecule has 5 nitrogen and oxygen atoms in total. The molecule has 0 aliphatic rings. The first kappa shape index (κ1) is 20.4. The Morgan fingerprint density at radius 3 is 2.38 bits per heavy atom. The SMILES string of the molecule is CCN(CC)S(=O)(=O)c1cccc(NC(=S)Nc2cc(C)ccc2C)c1. The fraction of sp³-hybridized carbons (Fsp3) is 0.316. The average Bonchev–Trinajstić information content (AvgIpc) is 2.59. The summed E-state index contributed by atoms with van der Waals surface area (Å²) >= 11 is 5.37. The highest BCUT2D eigenvalue weighted by Gasteiger charge is 2.21. The third kappa shape index (κ3) is 4.81. The van der Waals surface area contributed by atoms with Gasteiger partial charge < -0.3 is 10.6 Å². The lowest BCUT2D eigenvalue weighted by molar-refractivity contribution is 0.445. The maximum Gasteiger partial charge on any atom is 0.243 e. The minimum Gasteiger partial charge on any atom is -0.332 e. The van der Waals surface area contributed by atoms with Crippen molar-refractivity contribution in [3.05, 3.63) is 53.6 Å². The Kier molecular flexibility index (Phi) is 6.75. The number of nitrogens with zero attached hydrogens (tertiary/aromatic N) is 1. The lowest BCUT2D eigenvalue weighted by Crippen LogP contribution is -2.30. The number of anilines is 2. The topological polar surface area (TPSA) is 61.4 Å². The fourth-order valence-electron chi connectivity index (χ4n) is 2.60. The molecule has 0 heterocycles. The van der Waals surface area contributed by atoms with E-state index in [1.165, 1.54) is 4.31 Å². The van der Waals surface area contributed by atoms with Crippen molar-refractivity contribution >= 4 is 38.7 Å². The normalized spacial score (nSPS) is 11.4. The molecule has 2 N–H and O–H groups in total. The minimum absolute atomic E-state index is 0.251. The lowest BCUT2D eigenvalue weighted by atomic mass is 10.1. The van der Waals surface area contributed by atoms with Gasteiger partial charge >= 0.3 is 0 Å². The largest absolute Gasteiger partial charge is 0.332 e. The zero-order chi connectivity index (χ0) is 19.3. The van der Waals surface area contributed by atoms with Crippen LogP contribution >= 0.6 is 12.2 Å². The molecule has 0 spiro atoms. The van der Waals surface area contributed by atoms with Crippen molar-refractivity contribution in [3.8, 4) is 0 Å². The zero-order valence-electron chi connectivity index (χ0n) is 15.5. The van der Waals surface area contributed by atoms with Crippen LogP contribution in [0.2, 0.25) is 0 Å². The van der Waals surface area contributed by atoms with Crippen molar-refractivity contribution in [3.63, 3.8) is 0 Å². The van der Waals surface area contributed by atoms with E-state index in [2.05, 4.69) is 10.6 Å². The smallest absolute Gasteiger partial charge is 0.243 e. The molecule has 0 saturated carbocycles. The number of thiocarbonyl (C=S) groups is 1. The van der Waals surface area contributed by atoms with E-state index in [1.54, 1.807) is 24.3 Å². The Morgan fingerprint density at radius 1 is 1.04 bits per heavy atom. The highest BCUT2D eigenvalue weighted by atomic mass is 32.2. The Labute approximate surface area is 161 Å². The number of benzene rings is 2. The Balaban J connectivity index is 2.18. The van der Waals surface area contributed by atoms with E-state index < -0.39 is 10.0 Å². The number of hydrogen-bond donors (Lipinski definition) is 2. The van der Waals surface area contributed by atoms with Crippen molar-refractivity contribution < 1.29 is 8.42 Å². The minimum atomic E-state index is -3.50. The van der Waals surface area contributed by atoms with E-state index in [0.717, 1.165) is 16.8 Å².